The Kier molecular flexibility index (Phi) is 2.68. The van der Waals surface area contributed by atoms with Crippen molar-refractivity contribution in [3.05, 3.63) is 36.2 Å². The van der Waals surface area contributed by atoms with Crippen molar-refractivity contribution in [3.63, 3.8) is 0 Å². The van der Waals surface area contributed by atoms with Gasteiger partial charge in [0.2, 0.25) is 5.16 Å². The van der Waals surface area contributed by atoms with Gasteiger partial charge in [0.25, 0.3) is 0 Å². The molecule has 0 bridgehead atoms. The summed E-state index contributed by atoms with van der Waals surface area (Å²) in [7, 11) is 0. The third kappa shape index (κ3) is 2.35. The van der Waals surface area contributed by atoms with E-state index in [1.165, 1.54) is 11.0 Å². The molecule has 0 unspecified atom stereocenters. The summed E-state index contributed by atoms with van der Waals surface area (Å²) in [5.41, 5.74) is 0.870. The van der Waals surface area contributed by atoms with Crippen LogP contribution in [0.5, 0.6) is 5.75 Å². The lowest BCUT2D eigenvalue weighted by Crippen LogP contribution is -1.89. The summed E-state index contributed by atoms with van der Waals surface area (Å²) in [4.78, 5) is 0. The molecular weight excluding hydrogens is 212 g/mol. The number of phenolic OH excluding ortho intramolecular Hbond substituents is 1. The van der Waals surface area contributed by atoms with E-state index < -0.39 is 0 Å². The first kappa shape index (κ1) is 9.72. The summed E-state index contributed by atoms with van der Waals surface area (Å²) < 4.78 is 1.44. The molecule has 1 N–H and O–H groups in total. The number of benzene rings is 1. The molecule has 6 heteroatoms. The lowest BCUT2D eigenvalue weighted by Gasteiger charge is -1.94. The molecule has 1 heterocycles. The first-order valence-corrected chi connectivity index (χ1v) is 4.63. The number of thiol groups is 1. The van der Waals surface area contributed by atoms with Crippen LogP contribution in [0.25, 0.3) is 0 Å². The van der Waals surface area contributed by atoms with E-state index in [9.17, 15) is 0 Å². The highest BCUT2D eigenvalue weighted by atomic mass is 32.1. The Labute approximate surface area is 91.5 Å². The molecule has 0 amide bonds. The van der Waals surface area contributed by atoms with E-state index in [4.69, 9.17) is 5.11 Å². The molecule has 0 radical (unpaired) electrons. The lowest BCUT2D eigenvalue weighted by atomic mass is 10.2. The number of hydrogen-bond donors (Lipinski definition) is 2. The van der Waals surface area contributed by atoms with Crippen LogP contribution in [0.4, 0.5) is 0 Å². The van der Waals surface area contributed by atoms with Gasteiger partial charge in [0.15, 0.2) is 0 Å². The second-order valence-electron chi connectivity index (χ2n) is 2.81. The van der Waals surface area contributed by atoms with E-state index >= 15 is 0 Å². The minimum Gasteiger partial charge on any atom is -0.508 e. The van der Waals surface area contributed by atoms with Gasteiger partial charge in [-0.2, -0.15) is 9.78 Å². The molecule has 0 saturated carbocycles. The van der Waals surface area contributed by atoms with Crippen LogP contribution in [0.15, 0.2) is 40.9 Å². The lowest BCUT2D eigenvalue weighted by molar-refractivity contribution is 0.475. The fraction of sp³-hybridized carbons (Fsp3) is 0. The zero-order valence-corrected chi connectivity index (χ0v) is 8.54. The number of rotatable bonds is 2. The molecule has 76 valence electrons. The smallest absolute Gasteiger partial charge is 0.208 e. The second kappa shape index (κ2) is 4.14. The van der Waals surface area contributed by atoms with Gasteiger partial charge in [-0.3, -0.25) is 0 Å². The molecule has 0 aliphatic heterocycles. The predicted octanol–water partition coefficient (Wildman–Crippen LogP) is 1.15. The Hall–Kier alpha value is -1.82. The molecule has 0 aliphatic carbocycles. The van der Waals surface area contributed by atoms with Gasteiger partial charge in [-0.1, -0.05) is 0 Å². The maximum atomic E-state index is 9.07. The van der Waals surface area contributed by atoms with Gasteiger partial charge >= 0.3 is 0 Å². The van der Waals surface area contributed by atoms with Gasteiger partial charge in [-0.25, -0.2) is 0 Å². The van der Waals surface area contributed by atoms with Gasteiger partial charge in [0.1, 0.15) is 12.1 Å². The highest BCUT2D eigenvalue weighted by molar-refractivity contribution is 7.80. The van der Waals surface area contributed by atoms with Crippen LogP contribution in [-0.2, 0) is 0 Å². The van der Waals surface area contributed by atoms with Crippen molar-refractivity contribution in [3.8, 4) is 5.75 Å². The fourth-order valence-corrected chi connectivity index (χ4v) is 1.15. The molecule has 2 aromatic rings. The topological polar surface area (TPSA) is 63.3 Å². The summed E-state index contributed by atoms with van der Waals surface area (Å²) in [5, 5.41) is 20.9. The summed E-state index contributed by atoms with van der Waals surface area (Å²) in [6.07, 6.45) is 3.09. The van der Waals surface area contributed by atoms with E-state index in [0.29, 0.717) is 5.16 Å². The molecular formula is C9H8N4OS. The molecule has 0 saturated heterocycles. The summed E-state index contributed by atoms with van der Waals surface area (Å²) in [5.74, 6) is 0.228. The molecule has 0 atom stereocenters. The van der Waals surface area contributed by atoms with Crippen LogP contribution in [0, 0.1) is 0 Å². The average molecular weight is 220 g/mol. The van der Waals surface area contributed by atoms with Crippen LogP contribution in [-0.4, -0.2) is 26.2 Å². The standard InChI is InChI=1S/C9H8N4OS/c14-8-3-1-7(2-4-8)5-11-13-6-10-12-9(13)15/h1-6,14H,(H,12,15)/b11-5+. The predicted molar refractivity (Wildman–Crippen MR) is 58.4 cm³/mol. The summed E-state index contributed by atoms with van der Waals surface area (Å²) in [6.45, 7) is 0. The minimum absolute atomic E-state index is 0.228. The maximum absolute atomic E-state index is 9.07. The van der Waals surface area contributed by atoms with Gasteiger partial charge in [-0.05, 0) is 29.8 Å². The van der Waals surface area contributed by atoms with E-state index in [2.05, 4.69) is 27.9 Å². The number of hydrogen-bond acceptors (Lipinski definition) is 5. The summed E-state index contributed by atoms with van der Waals surface area (Å²) in [6, 6.07) is 6.69. The first-order valence-electron chi connectivity index (χ1n) is 4.18. The number of phenols is 1. The largest absolute Gasteiger partial charge is 0.508 e. The van der Waals surface area contributed by atoms with Crippen molar-refractivity contribution >= 4 is 18.8 Å². The SMILES string of the molecule is Oc1ccc(/C=N/n2cnnc2S)cc1. The van der Waals surface area contributed by atoms with Gasteiger partial charge in [0, 0.05) is 0 Å². The number of aromatic hydroxyl groups is 1. The molecule has 0 fully saturated rings. The normalized spacial score (nSPS) is 11.0. The van der Waals surface area contributed by atoms with Crippen molar-refractivity contribution in [1.29, 1.82) is 0 Å². The Morgan fingerprint density at radius 2 is 2.07 bits per heavy atom. The van der Waals surface area contributed by atoms with Gasteiger partial charge in [-0.15, -0.1) is 22.8 Å². The second-order valence-corrected chi connectivity index (χ2v) is 3.21. The molecule has 1 aromatic carbocycles. The van der Waals surface area contributed by atoms with Crippen LogP contribution in [0.1, 0.15) is 5.56 Å². The highest BCUT2D eigenvalue weighted by Gasteiger charge is 1.94. The van der Waals surface area contributed by atoms with Crippen LogP contribution in [0.3, 0.4) is 0 Å². The van der Waals surface area contributed by atoms with Gasteiger partial charge in [0.05, 0.1) is 6.21 Å². The Balaban J connectivity index is 2.19. The van der Waals surface area contributed by atoms with Crippen molar-refractivity contribution in [2.75, 3.05) is 0 Å². The molecule has 0 aliphatic rings. The molecule has 15 heavy (non-hydrogen) atoms. The fourth-order valence-electron chi connectivity index (χ4n) is 0.995. The zero-order valence-electron chi connectivity index (χ0n) is 7.65. The Morgan fingerprint density at radius 3 is 2.67 bits per heavy atom. The third-order valence-corrected chi connectivity index (χ3v) is 2.03. The third-order valence-electron chi connectivity index (χ3n) is 1.74. The monoisotopic (exact) mass is 220 g/mol. The summed E-state index contributed by atoms with van der Waals surface area (Å²) >= 11 is 4.05. The van der Waals surface area contributed by atoms with E-state index in [0.717, 1.165) is 5.56 Å². The van der Waals surface area contributed by atoms with Gasteiger partial charge < -0.3 is 5.11 Å². The Bertz CT molecular complexity index is 477. The van der Waals surface area contributed by atoms with Crippen molar-refractivity contribution in [2.24, 2.45) is 5.10 Å². The quantitative estimate of drug-likeness (QED) is 0.589. The molecule has 1 aromatic heterocycles. The van der Waals surface area contributed by atoms with Crippen molar-refractivity contribution in [1.82, 2.24) is 14.9 Å². The number of aromatic nitrogens is 3. The minimum atomic E-state index is 0.228. The van der Waals surface area contributed by atoms with Crippen molar-refractivity contribution in [2.45, 2.75) is 5.16 Å². The number of nitrogens with zero attached hydrogens (tertiary/aromatic N) is 4. The first-order chi connectivity index (χ1) is 7.25. The zero-order chi connectivity index (χ0) is 10.7. The van der Waals surface area contributed by atoms with Crippen molar-refractivity contribution < 1.29 is 5.11 Å². The van der Waals surface area contributed by atoms with Crippen LogP contribution >= 0.6 is 12.6 Å². The molecule has 0 spiro atoms. The van der Waals surface area contributed by atoms with E-state index in [1.54, 1.807) is 30.5 Å². The van der Waals surface area contributed by atoms with Crippen LogP contribution in [0.2, 0.25) is 0 Å². The Morgan fingerprint density at radius 1 is 1.33 bits per heavy atom. The molecule has 5 nitrogen and oxygen atoms in total. The van der Waals surface area contributed by atoms with Crippen LogP contribution < -0.4 is 0 Å². The van der Waals surface area contributed by atoms with E-state index in [-0.39, 0.29) is 5.75 Å². The highest BCUT2D eigenvalue weighted by Crippen LogP contribution is 2.08. The molecule has 2 rings (SSSR count). The average Bonchev–Trinajstić information content (AvgIpc) is 2.63. The maximum Gasteiger partial charge on any atom is 0.208 e. The van der Waals surface area contributed by atoms with E-state index in [1.807, 2.05) is 0 Å².